The summed E-state index contributed by atoms with van der Waals surface area (Å²) in [6.45, 7) is 4.22. The van der Waals surface area contributed by atoms with E-state index in [1.54, 1.807) is 6.92 Å². The van der Waals surface area contributed by atoms with Crippen molar-refractivity contribution in [2.75, 3.05) is 13.1 Å². The summed E-state index contributed by atoms with van der Waals surface area (Å²) < 4.78 is 37.4. The van der Waals surface area contributed by atoms with E-state index < -0.39 is 17.5 Å². The topological polar surface area (TPSA) is 67.9 Å². The van der Waals surface area contributed by atoms with Gasteiger partial charge in [-0.05, 0) is 32.3 Å². The molecule has 4 nitrogen and oxygen atoms in total. The van der Waals surface area contributed by atoms with Crippen molar-refractivity contribution in [3.05, 3.63) is 22.4 Å². The van der Waals surface area contributed by atoms with Crippen molar-refractivity contribution < 1.29 is 18.0 Å². The van der Waals surface area contributed by atoms with Crippen molar-refractivity contribution in [1.29, 1.82) is 10.5 Å². The van der Waals surface area contributed by atoms with E-state index in [2.05, 4.69) is 0 Å². The molecular weight excluding hydrogens is 283 g/mol. The Morgan fingerprint density at radius 1 is 1.05 bits per heavy atom. The van der Waals surface area contributed by atoms with Crippen LogP contribution in [0.25, 0.3) is 0 Å². The molecule has 0 atom stereocenters. The molecule has 0 aromatic rings. The minimum Gasteiger partial charge on any atom is -0.374 e. The summed E-state index contributed by atoms with van der Waals surface area (Å²) in [6, 6.07) is 3.08. The molecule has 1 saturated heterocycles. The van der Waals surface area contributed by atoms with E-state index in [1.807, 2.05) is 11.0 Å². The van der Waals surface area contributed by atoms with Crippen LogP contribution in [-0.4, -0.2) is 29.9 Å². The molecule has 0 N–H and O–H groups in total. The Balaban J connectivity index is 3.35. The average Bonchev–Trinajstić information content (AvgIpc) is 2.93. The van der Waals surface area contributed by atoms with E-state index in [0.29, 0.717) is 18.8 Å². The van der Waals surface area contributed by atoms with Gasteiger partial charge in [0.05, 0.1) is 5.57 Å². The number of carbonyl (C=O) groups excluding carboxylic acids is 1. The van der Waals surface area contributed by atoms with Crippen molar-refractivity contribution in [3.8, 4) is 12.1 Å². The lowest BCUT2D eigenvalue weighted by Gasteiger charge is -2.20. The van der Waals surface area contributed by atoms with Gasteiger partial charge in [-0.3, -0.25) is 4.79 Å². The lowest BCUT2D eigenvalue weighted by Crippen LogP contribution is -2.25. The second-order valence-electron chi connectivity index (χ2n) is 4.71. The van der Waals surface area contributed by atoms with Crippen LogP contribution in [-0.2, 0) is 4.79 Å². The summed E-state index contributed by atoms with van der Waals surface area (Å²) in [5.41, 5.74) is -0.814. The molecule has 0 amide bonds. The Bertz CT molecular complexity index is 582. The van der Waals surface area contributed by atoms with Crippen molar-refractivity contribution in [2.45, 2.75) is 32.9 Å². The number of carbonyl (C=O) groups is 1. The highest BCUT2D eigenvalue weighted by atomic mass is 19.4. The normalized spacial score (nSPS) is 17.6. The fourth-order valence-electron chi connectivity index (χ4n) is 2.22. The zero-order valence-electron chi connectivity index (χ0n) is 11.7. The number of halogens is 3. The van der Waals surface area contributed by atoms with Crippen LogP contribution in [0.3, 0.4) is 0 Å². The number of hydrogen-bond donors (Lipinski definition) is 0. The largest absolute Gasteiger partial charge is 0.455 e. The van der Waals surface area contributed by atoms with Gasteiger partial charge in [-0.25, -0.2) is 0 Å². The number of ketones is 1. The highest BCUT2D eigenvalue weighted by Crippen LogP contribution is 2.27. The first-order valence-corrected chi connectivity index (χ1v) is 6.32. The first kappa shape index (κ1) is 16.8. The summed E-state index contributed by atoms with van der Waals surface area (Å²) in [7, 11) is 0. The maximum Gasteiger partial charge on any atom is 0.455 e. The molecule has 112 valence electrons. The third-order valence-corrected chi connectivity index (χ3v) is 3.40. The number of nitriles is 2. The zero-order valence-corrected chi connectivity index (χ0v) is 11.7. The molecule has 0 unspecified atom stereocenters. The van der Waals surface area contributed by atoms with Gasteiger partial charge in [0.25, 0.3) is 5.78 Å². The second kappa shape index (κ2) is 6.45. The molecule has 1 fully saturated rings. The van der Waals surface area contributed by atoms with E-state index >= 15 is 0 Å². The van der Waals surface area contributed by atoms with E-state index in [-0.39, 0.29) is 11.1 Å². The fourth-order valence-corrected chi connectivity index (χ4v) is 2.22. The average molecular weight is 297 g/mol. The third-order valence-electron chi connectivity index (χ3n) is 3.40. The van der Waals surface area contributed by atoms with E-state index in [1.165, 1.54) is 13.0 Å². The molecule has 1 rings (SSSR count). The quantitative estimate of drug-likeness (QED) is 0.456. The predicted molar refractivity (Wildman–Crippen MR) is 68.5 cm³/mol. The molecule has 0 aromatic heterocycles. The number of hydrogen-bond acceptors (Lipinski definition) is 4. The first-order chi connectivity index (χ1) is 9.73. The molecule has 0 aliphatic carbocycles. The number of likely N-dealkylation sites (tertiary alicyclic amines) is 1. The SMILES string of the molecule is CC(=C(\C#N)C(=O)C(F)(F)F)/C(C#N)=C(\C)N1CCCC1. The molecule has 21 heavy (non-hydrogen) atoms. The maximum absolute atomic E-state index is 12.5. The number of Topliss-reactive ketones (excluding diaryl/α,β-unsaturated/α-hetero) is 1. The van der Waals surface area contributed by atoms with Gasteiger partial charge in [-0.1, -0.05) is 0 Å². The van der Waals surface area contributed by atoms with Crippen LogP contribution in [0.5, 0.6) is 0 Å². The van der Waals surface area contributed by atoms with Crippen LogP contribution in [0.15, 0.2) is 22.4 Å². The smallest absolute Gasteiger partial charge is 0.374 e. The number of rotatable bonds is 3. The Morgan fingerprint density at radius 3 is 1.90 bits per heavy atom. The van der Waals surface area contributed by atoms with Gasteiger partial charge in [-0.15, -0.1) is 0 Å². The predicted octanol–water partition coefficient (Wildman–Crippen LogP) is 2.85. The minimum absolute atomic E-state index is 0.0500. The summed E-state index contributed by atoms with van der Waals surface area (Å²) in [5.74, 6) is -2.22. The van der Waals surface area contributed by atoms with Crippen LogP contribution >= 0.6 is 0 Å². The molecule has 0 bridgehead atoms. The maximum atomic E-state index is 12.5. The van der Waals surface area contributed by atoms with Crippen LogP contribution in [0.1, 0.15) is 26.7 Å². The van der Waals surface area contributed by atoms with Crippen molar-refractivity contribution in [2.24, 2.45) is 0 Å². The lowest BCUT2D eigenvalue weighted by atomic mass is 9.98. The van der Waals surface area contributed by atoms with E-state index in [9.17, 15) is 23.2 Å². The van der Waals surface area contributed by atoms with Crippen LogP contribution in [0.4, 0.5) is 13.2 Å². The Hall–Kier alpha value is -2.28. The Kier molecular flexibility index (Phi) is 5.15. The third kappa shape index (κ3) is 3.63. The molecule has 0 radical (unpaired) electrons. The number of allylic oxidation sites excluding steroid dienone is 4. The summed E-state index contributed by atoms with van der Waals surface area (Å²) in [4.78, 5) is 13.1. The lowest BCUT2D eigenvalue weighted by molar-refractivity contribution is -0.166. The van der Waals surface area contributed by atoms with Gasteiger partial charge in [0.2, 0.25) is 0 Å². The van der Waals surface area contributed by atoms with Crippen molar-refractivity contribution >= 4 is 5.78 Å². The van der Waals surface area contributed by atoms with E-state index in [0.717, 1.165) is 12.8 Å². The molecule has 0 spiro atoms. The highest BCUT2D eigenvalue weighted by molar-refractivity contribution is 6.04. The molecule has 0 saturated carbocycles. The van der Waals surface area contributed by atoms with Gasteiger partial charge in [0, 0.05) is 18.8 Å². The summed E-state index contributed by atoms with van der Waals surface area (Å²) in [5, 5.41) is 18.0. The summed E-state index contributed by atoms with van der Waals surface area (Å²) in [6.07, 6.45) is -3.26. The molecule has 0 aromatic carbocycles. The zero-order chi connectivity index (χ0) is 16.2. The molecule has 1 aliphatic heterocycles. The van der Waals surface area contributed by atoms with E-state index in [4.69, 9.17) is 5.26 Å². The molecule has 7 heteroatoms. The highest BCUT2D eigenvalue weighted by Gasteiger charge is 2.42. The van der Waals surface area contributed by atoms with Crippen molar-refractivity contribution in [3.63, 3.8) is 0 Å². The Labute approximate surface area is 120 Å². The Morgan fingerprint density at radius 2 is 1.52 bits per heavy atom. The fraction of sp³-hybridized carbons (Fsp3) is 0.500. The molecule has 1 aliphatic rings. The van der Waals surface area contributed by atoms with Gasteiger partial charge >= 0.3 is 6.18 Å². The van der Waals surface area contributed by atoms with Crippen LogP contribution in [0, 0.1) is 22.7 Å². The van der Waals surface area contributed by atoms with Gasteiger partial charge in [-0.2, -0.15) is 23.7 Å². The second-order valence-corrected chi connectivity index (χ2v) is 4.71. The van der Waals surface area contributed by atoms with Crippen molar-refractivity contribution in [1.82, 2.24) is 4.90 Å². The van der Waals surface area contributed by atoms with Gasteiger partial charge in [0.15, 0.2) is 0 Å². The number of alkyl halides is 3. The summed E-state index contributed by atoms with van der Waals surface area (Å²) >= 11 is 0. The first-order valence-electron chi connectivity index (χ1n) is 6.32. The molecule has 1 heterocycles. The van der Waals surface area contributed by atoms with Crippen LogP contribution < -0.4 is 0 Å². The standard InChI is InChI=1S/C14H14F3N3O/c1-9(12(8-19)13(21)14(15,16)17)11(7-18)10(2)20-5-3-4-6-20/h3-6H2,1-2H3/b11-10+,12-9-. The van der Waals surface area contributed by atoms with Crippen LogP contribution in [0.2, 0.25) is 0 Å². The number of nitrogens with zero attached hydrogens (tertiary/aromatic N) is 3. The van der Waals surface area contributed by atoms with Gasteiger partial charge in [0.1, 0.15) is 17.7 Å². The minimum atomic E-state index is -5.13. The van der Waals surface area contributed by atoms with Gasteiger partial charge < -0.3 is 4.90 Å². The molecular formula is C14H14F3N3O. The monoisotopic (exact) mass is 297 g/mol.